The van der Waals surface area contributed by atoms with E-state index in [0.717, 1.165) is 17.8 Å². The van der Waals surface area contributed by atoms with E-state index in [-0.39, 0.29) is 5.41 Å². The molecule has 0 aliphatic carbocycles. The zero-order valence-corrected chi connectivity index (χ0v) is 8.98. The van der Waals surface area contributed by atoms with Crippen LogP contribution >= 0.6 is 24.4 Å². The van der Waals surface area contributed by atoms with Crippen molar-refractivity contribution in [1.29, 1.82) is 0 Å². The lowest BCUT2D eigenvalue weighted by atomic mass is 9.82. The zero-order chi connectivity index (χ0) is 9.19. The number of hydrogen-bond acceptors (Lipinski definition) is 3. The topological polar surface area (TPSA) is 21.3 Å². The van der Waals surface area contributed by atoms with E-state index >= 15 is 0 Å². The van der Waals surface area contributed by atoms with Crippen LogP contribution in [0.5, 0.6) is 0 Å². The highest BCUT2D eigenvalue weighted by atomic mass is 32.1. The first-order valence-corrected chi connectivity index (χ1v) is 4.94. The van der Waals surface area contributed by atoms with Crippen molar-refractivity contribution >= 4 is 34.6 Å². The molecule has 1 fully saturated rings. The van der Waals surface area contributed by atoms with Crippen molar-refractivity contribution < 1.29 is 4.74 Å². The number of thiocarbonyl (C=S) groups is 2. The van der Waals surface area contributed by atoms with Gasteiger partial charge in [0, 0.05) is 0 Å². The Kier molecular flexibility index (Phi) is 3.01. The van der Waals surface area contributed by atoms with Crippen molar-refractivity contribution in [3.05, 3.63) is 0 Å². The minimum Gasteiger partial charge on any atom is -0.470 e. The minimum absolute atomic E-state index is 0.0116. The van der Waals surface area contributed by atoms with Crippen molar-refractivity contribution in [2.45, 2.75) is 26.7 Å². The van der Waals surface area contributed by atoms with Crippen molar-refractivity contribution in [2.24, 2.45) is 5.41 Å². The fourth-order valence-electron chi connectivity index (χ4n) is 1.31. The lowest BCUT2D eigenvalue weighted by Crippen LogP contribution is -2.50. The lowest BCUT2D eigenvalue weighted by molar-refractivity contribution is 0.170. The molecule has 0 saturated carbocycles. The Labute approximate surface area is 83.7 Å². The summed E-state index contributed by atoms with van der Waals surface area (Å²) in [7, 11) is 0. The number of nitrogens with one attached hydrogen (secondary N) is 1. The molecule has 1 rings (SSSR count). The normalized spacial score (nSPS) is 21.5. The third-order valence-electron chi connectivity index (χ3n) is 2.53. The monoisotopic (exact) mass is 203 g/mol. The van der Waals surface area contributed by atoms with E-state index in [9.17, 15) is 0 Å². The van der Waals surface area contributed by atoms with E-state index < -0.39 is 0 Å². The van der Waals surface area contributed by atoms with Gasteiger partial charge in [-0.15, -0.1) is 0 Å². The molecule has 12 heavy (non-hydrogen) atoms. The summed E-state index contributed by atoms with van der Waals surface area (Å²) in [6, 6.07) is 0. The van der Waals surface area contributed by atoms with Gasteiger partial charge in [-0.25, -0.2) is 0 Å². The molecule has 2 nitrogen and oxygen atoms in total. The van der Waals surface area contributed by atoms with E-state index in [0.29, 0.717) is 11.8 Å². The van der Waals surface area contributed by atoms with Crippen molar-refractivity contribution in [1.82, 2.24) is 5.32 Å². The first-order chi connectivity index (χ1) is 5.64. The molecule has 0 bridgehead atoms. The van der Waals surface area contributed by atoms with Crippen molar-refractivity contribution in [2.75, 3.05) is 6.61 Å². The fourth-order valence-corrected chi connectivity index (χ4v) is 1.97. The molecular formula is C8H13NOS2. The molecule has 4 heteroatoms. The van der Waals surface area contributed by atoms with Gasteiger partial charge in [0.15, 0.2) is 0 Å². The second kappa shape index (κ2) is 3.66. The summed E-state index contributed by atoms with van der Waals surface area (Å²) in [5.74, 6) is 0. The van der Waals surface area contributed by atoms with Gasteiger partial charge in [-0.1, -0.05) is 26.1 Å². The third kappa shape index (κ3) is 1.59. The van der Waals surface area contributed by atoms with E-state index in [4.69, 9.17) is 29.2 Å². The maximum absolute atomic E-state index is 5.28. The van der Waals surface area contributed by atoms with Crippen molar-refractivity contribution in [3.63, 3.8) is 0 Å². The maximum atomic E-state index is 5.28. The molecule has 0 radical (unpaired) electrons. The Morgan fingerprint density at radius 2 is 2.00 bits per heavy atom. The Bertz CT molecular complexity index is 211. The molecule has 0 atom stereocenters. The van der Waals surface area contributed by atoms with Gasteiger partial charge in [-0.3, -0.25) is 0 Å². The highest BCUT2D eigenvalue weighted by molar-refractivity contribution is 7.81. The molecule has 1 N–H and O–H groups in total. The molecule has 0 aromatic carbocycles. The van der Waals surface area contributed by atoms with Crippen LogP contribution in [0.15, 0.2) is 0 Å². The quantitative estimate of drug-likeness (QED) is 0.693. The average Bonchev–Trinajstić information content (AvgIpc) is 2.06. The molecule has 1 aliphatic rings. The molecule has 68 valence electrons. The predicted octanol–water partition coefficient (Wildman–Crippen LogP) is 2.02. The van der Waals surface area contributed by atoms with Crippen LogP contribution in [0.25, 0.3) is 0 Å². The molecule has 0 unspecified atom stereocenters. The first-order valence-electron chi connectivity index (χ1n) is 4.13. The summed E-state index contributed by atoms with van der Waals surface area (Å²) in [5.41, 5.74) is 0.0116. The summed E-state index contributed by atoms with van der Waals surface area (Å²) >= 11 is 10.1. The van der Waals surface area contributed by atoms with Crippen LogP contribution in [0.2, 0.25) is 0 Å². The van der Waals surface area contributed by atoms with E-state index in [1.54, 1.807) is 0 Å². The Morgan fingerprint density at radius 3 is 2.42 bits per heavy atom. The van der Waals surface area contributed by atoms with E-state index in [1.165, 1.54) is 0 Å². The molecule has 1 aliphatic heterocycles. The van der Waals surface area contributed by atoms with Crippen LogP contribution in [0.3, 0.4) is 0 Å². The van der Waals surface area contributed by atoms with Crippen LogP contribution in [-0.2, 0) is 4.74 Å². The van der Waals surface area contributed by atoms with E-state index in [1.807, 2.05) is 0 Å². The average molecular weight is 203 g/mol. The molecule has 0 spiro atoms. The minimum atomic E-state index is 0.0116. The van der Waals surface area contributed by atoms with Crippen LogP contribution in [0.1, 0.15) is 26.7 Å². The van der Waals surface area contributed by atoms with E-state index in [2.05, 4.69) is 19.2 Å². The second-order valence-corrected chi connectivity index (χ2v) is 3.80. The molecule has 0 aromatic heterocycles. The summed E-state index contributed by atoms with van der Waals surface area (Å²) in [5, 5.41) is 3.33. The van der Waals surface area contributed by atoms with Gasteiger partial charge in [0.25, 0.3) is 5.17 Å². The van der Waals surface area contributed by atoms with Gasteiger partial charge in [0.05, 0.1) is 10.4 Å². The molecule has 1 saturated heterocycles. The highest BCUT2D eigenvalue weighted by Crippen LogP contribution is 2.30. The van der Waals surface area contributed by atoms with Crippen LogP contribution < -0.4 is 5.32 Å². The number of hydrogen-bond donors (Lipinski definition) is 1. The summed E-state index contributed by atoms with van der Waals surface area (Å²) in [6.07, 6.45) is 2.00. The lowest BCUT2D eigenvalue weighted by Gasteiger charge is -2.36. The second-order valence-electron chi connectivity index (χ2n) is 3.02. The Balaban J connectivity index is 2.77. The van der Waals surface area contributed by atoms with Crippen molar-refractivity contribution in [3.8, 4) is 0 Å². The maximum Gasteiger partial charge on any atom is 0.261 e. The first kappa shape index (κ1) is 9.86. The SMILES string of the molecule is CCC1(CC)COC(=S)NC1=S. The smallest absolute Gasteiger partial charge is 0.261 e. The van der Waals surface area contributed by atoms with Gasteiger partial charge >= 0.3 is 0 Å². The summed E-state index contributed by atoms with van der Waals surface area (Å²) < 4.78 is 5.28. The van der Waals surface area contributed by atoms with Crippen LogP contribution in [-0.4, -0.2) is 16.8 Å². The summed E-state index contributed by atoms with van der Waals surface area (Å²) in [4.78, 5) is 0.837. The Morgan fingerprint density at radius 1 is 1.42 bits per heavy atom. The molecular weight excluding hydrogens is 190 g/mol. The molecule has 1 heterocycles. The standard InChI is InChI=1S/C8H13NOS2/c1-3-8(4-2)5-10-7(12)9-6(8)11/h3-5H2,1-2H3,(H,9,11,12). The molecule has 0 amide bonds. The number of ether oxygens (including phenoxy) is 1. The Hall–Kier alpha value is -0.220. The van der Waals surface area contributed by atoms with Gasteiger partial charge < -0.3 is 10.1 Å². The van der Waals surface area contributed by atoms with Gasteiger partial charge in [0.1, 0.15) is 6.61 Å². The van der Waals surface area contributed by atoms with Gasteiger partial charge in [-0.2, -0.15) is 0 Å². The third-order valence-corrected chi connectivity index (χ3v) is 3.29. The molecule has 0 aromatic rings. The largest absolute Gasteiger partial charge is 0.470 e. The van der Waals surface area contributed by atoms with Crippen LogP contribution in [0.4, 0.5) is 0 Å². The fraction of sp³-hybridized carbons (Fsp3) is 0.750. The number of rotatable bonds is 2. The van der Waals surface area contributed by atoms with Crippen LogP contribution in [0, 0.1) is 5.41 Å². The van der Waals surface area contributed by atoms with Gasteiger partial charge in [0.2, 0.25) is 0 Å². The highest BCUT2D eigenvalue weighted by Gasteiger charge is 2.36. The predicted molar refractivity (Wildman–Crippen MR) is 57.3 cm³/mol. The zero-order valence-electron chi connectivity index (χ0n) is 7.35. The van der Waals surface area contributed by atoms with Gasteiger partial charge in [-0.05, 0) is 25.1 Å². The summed E-state index contributed by atoms with van der Waals surface area (Å²) in [6.45, 7) is 4.87.